The molecule has 3 aromatic rings. The lowest BCUT2D eigenvalue weighted by Crippen LogP contribution is -2.07. The summed E-state index contributed by atoms with van der Waals surface area (Å²) in [4.78, 5) is 21.2. The van der Waals surface area contributed by atoms with Crippen LogP contribution in [-0.4, -0.2) is 23.0 Å². The van der Waals surface area contributed by atoms with Crippen LogP contribution in [0, 0.1) is 0 Å². The Balaban J connectivity index is 2.09. The van der Waals surface area contributed by atoms with E-state index in [2.05, 4.69) is 9.97 Å². The molecule has 0 atom stereocenters. The van der Waals surface area contributed by atoms with Gasteiger partial charge in [0.15, 0.2) is 5.82 Å². The van der Waals surface area contributed by atoms with Crippen molar-refractivity contribution < 1.29 is 9.53 Å². The first-order valence-corrected chi connectivity index (χ1v) is 6.70. The molecule has 0 aliphatic carbocycles. The highest BCUT2D eigenvalue weighted by Crippen LogP contribution is 2.26. The fourth-order valence-corrected chi connectivity index (χ4v) is 2.71. The minimum absolute atomic E-state index is 0.448. The molecule has 2 aromatic heterocycles. The van der Waals surface area contributed by atoms with Crippen LogP contribution in [0.2, 0.25) is 0 Å². The highest BCUT2D eigenvalue weighted by molar-refractivity contribution is 7.20. The second-order valence-corrected chi connectivity index (χ2v) is 5.19. The topological polar surface area (TPSA) is 78.1 Å². The molecular weight excluding hydrogens is 274 g/mol. The smallest absolute Gasteiger partial charge is 0.258 e. The van der Waals surface area contributed by atoms with E-state index in [0.717, 1.165) is 21.5 Å². The van der Waals surface area contributed by atoms with Gasteiger partial charge in [-0.15, -0.1) is 11.3 Å². The van der Waals surface area contributed by atoms with E-state index >= 15 is 0 Å². The number of thiophene rings is 1. The van der Waals surface area contributed by atoms with Crippen LogP contribution in [0.3, 0.4) is 0 Å². The lowest BCUT2D eigenvalue weighted by Gasteiger charge is -2.03. The number of hydrogen-bond acceptors (Lipinski definition) is 5. The SMILES string of the molecule is COc1cccc(-c2ncc3cc(C(N)=O)sc3n2)c1. The summed E-state index contributed by atoms with van der Waals surface area (Å²) in [5.41, 5.74) is 6.13. The number of rotatable bonds is 3. The van der Waals surface area contributed by atoms with Crippen LogP contribution in [0.1, 0.15) is 9.67 Å². The number of nitrogens with zero attached hydrogens (tertiary/aromatic N) is 2. The molecule has 20 heavy (non-hydrogen) atoms. The fourth-order valence-electron chi connectivity index (χ4n) is 1.85. The molecule has 100 valence electrons. The summed E-state index contributed by atoms with van der Waals surface area (Å²) in [7, 11) is 1.61. The number of aromatic nitrogens is 2. The molecule has 0 radical (unpaired) electrons. The molecule has 6 heteroatoms. The van der Waals surface area contributed by atoms with Crippen LogP contribution in [-0.2, 0) is 0 Å². The van der Waals surface area contributed by atoms with Crippen molar-refractivity contribution in [3.8, 4) is 17.1 Å². The molecule has 3 rings (SSSR count). The van der Waals surface area contributed by atoms with E-state index < -0.39 is 5.91 Å². The zero-order valence-electron chi connectivity index (χ0n) is 10.7. The van der Waals surface area contributed by atoms with Gasteiger partial charge in [0.05, 0.1) is 12.0 Å². The number of amides is 1. The number of carbonyl (C=O) groups is 1. The molecule has 0 saturated heterocycles. The van der Waals surface area contributed by atoms with Gasteiger partial charge in [-0.1, -0.05) is 12.1 Å². The highest BCUT2D eigenvalue weighted by Gasteiger charge is 2.10. The Kier molecular flexibility index (Phi) is 3.08. The summed E-state index contributed by atoms with van der Waals surface area (Å²) < 4.78 is 5.19. The Morgan fingerprint density at radius 3 is 2.95 bits per heavy atom. The zero-order chi connectivity index (χ0) is 14.1. The lowest BCUT2D eigenvalue weighted by atomic mass is 10.2. The van der Waals surface area contributed by atoms with Crippen molar-refractivity contribution in [2.45, 2.75) is 0 Å². The predicted octanol–water partition coefficient (Wildman–Crippen LogP) is 2.47. The second-order valence-electron chi connectivity index (χ2n) is 4.16. The highest BCUT2D eigenvalue weighted by atomic mass is 32.1. The number of methoxy groups -OCH3 is 1. The van der Waals surface area contributed by atoms with Crippen LogP contribution in [0.15, 0.2) is 36.5 Å². The van der Waals surface area contributed by atoms with E-state index in [-0.39, 0.29) is 0 Å². The summed E-state index contributed by atoms with van der Waals surface area (Å²) in [5, 5.41) is 0.815. The molecule has 1 amide bonds. The first kappa shape index (κ1) is 12.6. The predicted molar refractivity (Wildman–Crippen MR) is 77.9 cm³/mol. The van der Waals surface area contributed by atoms with E-state index in [9.17, 15) is 4.79 Å². The number of benzene rings is 1. The molecule has 1 aromatic carbocycles. The van der Waals surface area contributed by atoms with Crippen LogP contribution in [0.25, 0.3) is 21.6 Å². The van der Waals surface area contributed by atoms with Crippen LogP contribution in [0.5, 0.6) is 5.75 Å². The van der Waals surface area contributed by atoms with Crippen molar-refractivity contribution in [2.75, 3.05) is 7.11 Å². The van der Waals surface area contributed by atoms with Gasteiger partial charge in [0.1, 0.15) is 10.6 Å². The minimum Gasteiger partial charge on any atom is -0.497 e. The lowest BCUT2D eigenvalue weighted by molar-refractivity contribution is 0.100. The van der Waals surface area contributed by atoms with E-state index in [0.29, 0.717) is 10.7 Å². The normalized spacial score (nSPS) is 10.7. The van der Waals surface area contributed by atoms with Gasteiger partial charge in [-0.3, -0.25) is 4.79 Å². The summed E-state index contributed by atoms with van der Waals surface area (Å²) in [6.07, 6.45) is 1.69. The van der Waals surface area contributed by atoms with Crippen molar-refractivity contribution in [1.82, 2.24) is 9.97 Å². The zero-order valence-corrected chi connectivity index (χ0v) is 11.5. The van der Waals surface area contributed by atoms with Gasteiger partial charge in [-0.2, -0.15) is 0 Å². The Morgan fingerprint density at radius 1 is 1.35 bits per heavy atom. The first-order chi connectivity index (χ1) is 9.67. The largest absolute Gasteiger partial charge is 0.497 e. The van der Waals surface area contributed by atoms with Gasteiger partial charge in [-0.05, 0) is 18.2 Å². The van der Waals surface area contributed by atoms with E-state index in [1.165, 1.54) is 11.3 Å². The van der Waals surface area contributed by atoms with Crippen molar-refractivity contribution in [2.24, 2.45) is 5.73 Å². The maximum absolute atomic E-state index is 11.2. The van der Waals surface area contributed by atoms with Crippen molar-refractivity contribution in [3.05, 3.63) is 41.4 Å². The molecular formula is C14H11N3O2S. The van der Waals surface area contributed by atoms with Gasteiger partial charge < -0.3 is 10.5 Å². The molecule has 0 unspecified atom stereocenters. The molecule has 5 nitrogen and oxygen atoms in total. The molecule has 2 heterocycles. The van der Waals surface area contributed by atoms with Crippen molar-refractivity contribution in [3.63, 3.8) is 0 Å². The van der Waals surface area contributed by atoms with Gasteiger partial charge in [-0.25, -0.2) is 9.97 Å². The summed E-state index contributed by atoms with van der Waals surface area (Å²) in [6.45, 7) is 0. The summed E-state index contributed by atoms with van der Waals surface area (Å²) >= 11 is 1.27. The standard InChI is InChI=1S/C14H11N3O2S/c1-19-10-4-2-3-8(5-10)13-16-7-9-6-11(12(15)18)20-14(9)17-13/h2-7H,1H3,(H2,15,18). The van der Waals surface area contributed by atoms with E-state index in [1.807, 2.05) is 24.3 Å². The Bertz CT molecular complexity index is 798. The quantitative estimate of drug-likeness (QED) is 0.801. The number of ether oxygens (including phenoxy) is 1. The Hall–Kier alpha value is -2.47. The maximum atomic E-state index is 11.2. The average Bonchev–Trinajstić information content (AvgIpc) is 2.90. The molecule has 0 fully saturated rings. The number of nitrogens with two attached hydrogens (primary N) is 1. The molecule has 2 N–H and O–H groups in total. The third-order valence-electron chi connectivity index (χ3n) is 2.84. The number of carbonyl (C=O) groups excluding carboxylic acids is 1. The van der Waals surface area contributed by atoms with Crippen LogP contribution in [0.4, 0.5) is 0 Å². The van der Waals surface area contributed by atoms with Gasteiger partial charge in [0.2, 0.25) is 0 Å². The number of hydrogen-bond donors (Lipinski definition) is 1. The average molecular weight is 285 g/mol. The number of fused-ring (bicyclic) bond motifs is 1. The third-order valence-corrected chi connectivity index (χ3v) is 3.90. The molecule has 0 bridgehead atoms. The Morgan fingerprint density at radius 2 is 2.20 bits per heavy atom. The summed E-state index contributed by atoms with van der Waals surface area (Å²) in [5.74, 6) is 0.889. The molecule has 0 saturated carbocycles. The summed E-state index contributed by atoms with van der Waals surface area (Å²) in [6, 6.07) is 9.22. The minimum atomic E-state index is -0.448. The third kappa shape index (κ3) is 2.21. The van der Waals surface area contributed by atoms with Crippen molar-refractivity contribution in [1.29, 1.82) is 0 Å². The van der Waals surface area contributed by atoms with Gasteiger partial charge >= 0.3 is 0 Å². The van der Waals surface area contributed by atoms with Crippen LogP contribution < -0.4 is 10.5 Å². The first-order valence-electron chi connectivity index (χ1n) is 5.88. The van der Waals surface area contributed by atoms with E-state index in [4.69, 9.17) is 10.5 Å². The van der Waals surface area contributed by atoms with Gasteiger partial charge in [0.25, 0.3) is 5.91 Å². The molecule has 0 spiro atoms. The Labute approximate surface area is 119 Å². The van der Waals surface area contributed by atoms with Gasteiger partial charge in [0, 0.05) is 17.1 Å². The van der Waals surface area contributed by atoms with E-state index in [1.54, 1.807) is 19.4 Å². The monoisotopic (exact) mass is 285 g/mol. The number of primary amides is 1. The molecule has 0 aliphatic heterocycles. The van der Waals surface area contributed by atoms with Crippen LogP contribution >= 0.6 is 11.3 Å². The second kappa shape index (κ2) is 4.90. The van der Waals surface area contributed by atoms with Crippen molar-refractivity contribution >= 4 is 27.5 Å². The maximum Gasteiger partial charge on any atom is 0.258 e. The molecule has 0 aliphatic rings. The fraction of sp³-hybridized carbons (Fsp3) is 0.0714.